The van der Waals surface area contributed by atoms with E-state index in [1.807, 2.05) is 0 Å². The number of rotatable bonds is 1. The van der Waals surface area contributed by atoms with Crippen LogP contribution >= 0.6 is 15.9 Å². The molecule has 7 heteroatoms. The number of nitrogen functional groups attached to an aromatic ring is 1. The number of imidazole rings is 1. The van der Waals surface area contributed by atoms with Gasteiger partial charge in [-0.3, -0.25) is 0 Å². The molecule has 2 aromatic carbocycles. The van der Waals surface area contributed by atoms with Crippen LogP contribution in [0.2, 0.25) is 0 Å². The summed E-state index contributed by atoms with van der Waals surface area (Å²) in [5.41, 5.74) is 6.49. The quantitative estimate of drug-likeness (QED) is 0.627. The summed E-state index contributed by atoms with van der Waals surface area (Å²) >= 11 is 3.06. The molecular formula is C14H9BrF3N3. The third-order valence-corrected chi connectivity index (χ3v) is 3.58. The van der Waals surface area contributed by atoms with Crippen molar-refractivity contribution in [3.05, 3.63) is 46.4 Å². The molecule has 0 aliphatic heterocycles. The van der Waals surface area contributed by atoms with E-state index in [2.05, 4.69) is 25.9 Å². The normalized spacial score (nSPS) is 12.0. The highest BCUT2D eigenvalue weighted by Crippen LogP contribution is 2.38. The third kappa shape index (κ3) is 2.49. The van der Waals surface area contributed by atoms with Gasteiger partial charge in [0.15, 0.2) is 0 Å². The summed E-state index contributed by atoms with van der Waals surface area (Å²) in [6.07, 6.45) is -4.47. The molecule has 0 fully saturated rings. The van der Waals surface area contributed by atoms with Crippen LogP contribution in [0.5, 0.6) is 0 Å². The van der Waals surface area contributed by atoms with E-state index in [1.165, 1.54) is 6.07 Å². The average molecular weight is 356 g/mol. The number of fused-ring (bicyclic) bond motifs is 1. The Kier molecular flexibility index (Phi) is 3.16. The van der Waals surface area contributed by atoms with Crippen molar-refractivity contribution in [3.63, 3.8) is 0 Å². The highest BCUT2D eigenvalue weighted by atomic mass is 79.9. The van der Waals surface area contributed by atoms with Gasteiger partial charge in [0.05, 0.1) is 16.8 Å². The standard InChI is InChI=1S/C14H9BrF3N3/c15-7-4-5-8(9(6-7)14(16,17)18)13-20-11-3-1-2-10(19)12(11)21-13/h1-6H,19H2,(H,20,21). The molecule has 0 bridgehead atoms. The number of nitrogens with one attached hydrogen (secondary N) is 1. The Hall–Kier alpha value is -2.02. The van der Waals surface area contributed by atoms with Crippen LogP contribution in [0, 0.1) is 0 Å². The lowest BCUT2D eigenvalue weighted by atomic mass is 10.1. The number of anilines is 1. The van der Waals surface area contributed by atoms with Crippen molar-refractivity contribution in [1.29, 1.82) is 0 Å². The number of H-pyrrole nitrogens is 1. The average Bonchev–Trinajstić information content (AvgIpc) is 2.83. The van der Waals surface area contributed by atoms with E-state index in [4.69, 9.17) is 5.73 Å². The van der Waals surface area contributed by atoms with E-state index in [0.717, 1.165) is 6.07 Å². The zero-order valence-corrected chi connectivity index (χ0v) is 12.1. The second kappa shape index (κ2) is 4.77. The van der Waals surface area contributed by atoms with Gasteiger partial charge < -0.3 is 10.7 Å². The molecule has 0 aliphatic carbocycles. The molecule has 1 aromatic heterocycles. The Morgan fingerprint density at radius 3 is 2.57 bits per heavy atom. The summed E-state index contributed by atoms with van der Waals surface area (Å²) in [5.74, 6) is 0.141. The second-order valence-electron chi connectivity index (χ2n) is 4.52. The monoisotopic (exact) mass is 355 g/mol. The predicted molar refractivity (Wildman–Crippen MR) is 78.6 cm³/mol. The zero-order chi connectivity index (χ0) is 15.2. The Bertz CT molecular complexity index is 824. The number of hydrogen-bond donors (Lipinski definition) is 2. The summed E-state index contributed by atoms with van der Waals surface area (Å²) in [6.45, 7) is 0. The van der Waals surface area contributed by atoms with E-state index in [1.54, 1.807) is 24.3 Å². The van der Waals surface area contributed by atoms with Crippen molar-refractivity contribution >= 4 is 32.7 Å². The molecule has 0 aliphatic rings. The molecule has 0 atom stereocenters. The minimum Gasteiger partial charge on any atom is -0.397 e. The largest absolute Gasteiger partial charge is 0.417 e. The molecule has 3 rings (SSSR count). The van der Waals surface area contributed by atoms with Crippen LogP contribution in [0.15, 0.2) is 40.9 Å². The van der Waals surface area contributed by atoms with Gasteiger partial charge in [-0.1, -0.05) is 22.0 Å². The van der Waals surface area contributed by atoms with Gasteiger partial charge in [-0.05, 0) is 30.3 Å². The molecule has 3 aromatic rings. The van der Waals surface area contributed by atoms with Crippen molar-refractivity contribution in [1.82, 2.24) is 9.97 Å². The van der Waals surface area contributed by atoms with Gasteiger partial charge in [-0.15, -0.1) is 0 Å². The number of para-hydroxylation sites is 1. The van der Waals surface area contributed by atoms with Crippen LogP contribution in [0.25, 0.3) is 22.4 Å². The fourth-order valence-corrected chi connectivity index (χ4v) is 2.50. The summed E-state index contributed by atoms with van der Waals surface area (Å²) in [7, 11) is 0. The van der Waals surface area contributed by atoms with E-state index in [0.29, 0.717) is 21.2 Å². The van der Waals surface area contributed by atoms with E-state index >= 15 is 0 Å². The first-order chi connectivity index (χ1) is 9.86. The van der Waals surface area contributed by atoms with Crippen LogP contribution < -0.4 is 5.73 Å². The van der Waals surface area contributed by atoms with Crippen molar-refractivity contribution in [2.75, 3.05) is 5.73 Å². The number of nitrogens with two attached hydrogens (primary N) is 1. The molecule has 1 heterocycles. The van der Waals surface area contributed by atoms with Crippen molar-refractivity contribution in [2.24, 2.45) is 0 Å². The molecule has 3 nitrogen and oxygen atoms in total. The molecule has 0 radical (unpaired) electrons. The lowest BCUT2D eigenvalue weighted by Crippen LogP contribution is -2.07. The Morgan fingerprint density at radius 2 is 1.90 bits per heavy atom. The summed E-state index contributed by atoms with van der Waals surface area (Å²) in [4.78, 5) is 7.07. The van der Waals surface area contributed by atoms with Gasteiger partial charge in [0.25, 0.3) is 0 Å². The molecule has 3 N–H and O–H groups in total. The number of alkyl halides is 3. The molecule has 0 unspecified atom stereocenters. The molecule has 0 spiro atoms. The van der Waals surface area contributed by atoms with Crippen molar-refractivity contribution in [2.45, 2.75) is 6.18 Å². The second-order valence-corrected chi connectivity index (χ2v) is 5.43. The fourth-order valence-electron chi connectivity index (χ4n) is 2.14. The number of aromatic nitrogens is 2. The number of benzene rings is 2. The highest BCUT2D eigenvalue weighted by molar-refractivity contribution is 9.10. The first kappa shape index (κ1) is 13.9. The maximum Gasteiger partial charge on any atom is 0.417 e. The topological polar surface area (TPSA) is 54.7 Å². The van der Waals surface area contributed by atoms with Crippen molar-refractivity contribution < 1.29 is 13.2 Å². The summed E-state index contributed by atoms with van der Waals surface area (Å²) < 4.78 is 39.8. The van der Waals surface area contributed by atoms with Crippen LogP contribution in [0.4, 0.5) is 18.9 Å². The maximum atomic E-state index is 13.2. The minimum atomic E-state index is -4.47. The van der Waals surface area contributed by atoms with Crippen molar-refractivity contribution in [3.8, 4) is 11.4 Å². The number of nitrogens with zero attached hydrogens (tertiary/aromatic N) is 1. The van der Waals surface area contributed by atoms with Gasteiger partial charge >= 0.3 is 6.18 Å². The molecule has 0 saturated heterocycles. The summed E-state index contributed by atoms with van der Waals surface area (Å²) in [5, 5.41) is 0. The first-order valence-electron chi connectivity index (χ1n) is 5.97. The van der Waals surface area contributed by atoms with Gasteiger partial charge in [-0.25, -0.2) is 4.98 Å². The van der Waals surface area contributed by atoms with Gasteiger partial charge in [-0.2, -0.15) is 13.2 Å². The van der Waals surface area contributed by atoms with Gasteiger partial charge in [0.1, 0.15) is 11.3 Å². The van der Waals surface area contributed by atoms with Crippen LogP contribution in [-0.4, -0.2) is 9.97 Å². The SMILES string of the molecule is Nc1cccc2[nH]c(-c3ccc(Br)cc3C(F)(F)F)nc12. The van der Waals surface area contributed by atoms with E-state index in [9.17, 15) is 13.2 Å². The minimum absolute atomic E-state index is 0.0127. The molecule has 0 saturated carbocycles. The van der Waals surface area contributed by atoms with E-state index < -0.39 is 11.7 Å². The Morgan fingerprint density at radius 1 is 1.14 bits per heavy atom. The maximum absolute atomic E-state index is 13.2. The first-order valence-corrected chi connectivity index (χ1v) is 6.77. The van der Waals surface area contributed by atoms with Crippen LogP contribution in [0.3, 0.4) is 0 Å². The lowest BCUT2D eigenvalue weighted by molar-refractivity contribution is -0.137. The van der Waals surface area contributed by atoms with Gasteiger partial charge in [0.2, 0.25) is 0 Å². The zero-order valence-electron chi connectivity index (χ0n) is 10.5. The Labute approximate surface area is 126 Å². The number of aromatic amines is 1. The smallest absolute Gasteiger partial charge is 0.397 e. The van der Waals surface area contributed by atoms with Crippen LogP contribution in [0.1, 0.15) is 5.56 Å². The molecular weight excluding hydrogens is 347 g/mol. The lowest BCUT2D eigenvalue weighted by Gasteiger charge is -2.11. The van der Waals surface area contributed by atoms with Crippen LogP contribution in [-0.2, 0) is 6.18 Å². The molecule has 21 heavy (non-hydrogen) atoms. The number of halogens is 4. The Balaban J connectivity index is 2.25. The van der Waals surface area contributed by atoms with E-state index in [-0.39, 0.29) is 11.4 Å². The fraction of sp³-hybridized carbons (Fsp3) is 0.0714. The third-order valence-electron chi connectivity index (χ3n) is 3.09. The molecule has 0 amide bonds. The number of hydrogen-bond acceptors (Lipinski definition) is 2. The highest BCUT2D eigenvalue weighted by Gasteiger charge is 2.34. The predicted octanol–water partition coefficient (Wildman–Crippen LogP) is 4.59. The van der Waals surface area contributed by atoms with Gasteiger partial charge in [0, 0.05) is 10.0 Å². The summed E-state index contributed by atoms with van der Waals surface area (Å²) in [6, 6.07) is 9.03. The molecule has 108 valence electrons.